The van der Waals surface area contributed by atoms with Crippen molar-refractivity contribution >= 4 is 50.3 Å². The first kappa shape index (κ1) is 27.6. The van der Waals surface area contributed by atoms with Crippen LogP contribution in [0.5, 0.6) is 0 Å². The highest BCUT2D eigenvalue weighted by molar-refractivity contribution is 9.10. The molecule has 0 fully saturated rings. The van der Waals surface area contributed by atoms with Gasteiger partial charge in [-0.2, -0.15) is 13.2 Å². The van der Waals surface area contributed by atoms with E-state index < -0.39 is 29.5 Å². The Morgan fingerprint density at radius 2 is 1.71 bits per heavy atom. The molecule has 1 aromatic heterocycles. The first-order valence-electron chi connectivity index (χ1n) is 11.6. The molecule has 4 rings (SSSR count). The third kappa shape index (κ3) is 6.16. The van der Waals surface area contributed by atoms with Crippen molar-refractivity contribution in [2.75, 3.05) is 6.54 Å². The Morgan fingerprint density at radius 1 is 1.03 bits per heavy atom. The van der Waals surface area contributed by atoms with Crippen molar-refractivity contribution in [3.05, 3.63) is 99.0 Å². The maximum Gasteiger partial charge on any atom is 0.416 e. The molecular formula is C28H21BrClF3N2O3. The monoisotopic (exact) mass is 604 g/mol. The normalized spacial score (nSPS) is 12.3. The van der Waals surface area contributed by atoms with Crippen molar-refractivity contribution in [3.63, 3.8) is 0 Å². The predicted octanol–water partition coefficient (Wildman–Crippen LogP) is 7.71. The summed E-state index contributed by atoms with van der Waals surface area (Å²) in [7, 11) is 0. The smallest absolute Gasteiger partial charge is 0.416 e. The highest BCUT2D eigenvalue weighted by Gasteiger charge is 2.35. The van der Waals surface area contributed by atoms with Crippen molar-refractivity contribution in [2.45, 2.75) is 24.9 Å². The lowest BCUT2D eigenvalue weighted by Gasteiger charge is -2.22. The number of hydrogen-bond donors (Lipinski definition) is 2. The Kier molecular flexibility index (Phi) is 8.38. The second-order valence-electron chi connectivity index (χ2n) is 8.60. The second-order valence-corrected chi connectivity index (χ2v) is 9.89. The van der Waals surface area contributed by atoms with Crippen LogP contribution < -0.4 is 5.32 Å². The third-order valence-corrected chi connectivity index (χ3v) is 6.94. The number of alkyl halides is 3. The number of carboxylic acid groups (broad SMARTS) is 1. The minimum atomic E-state index is -4.64. The predicted molar refractivity (Wildman–Crippen MR) is 143 cm³/mol. The van der Waals surface area contributed by atoms with Gasteiger partial charge in [0.15, 0.2) is 0 Å². The fraction of sp³-hybridized carbons (Fsp3) is 0.179. The molecule has 0 spiro atoms. The van der Waals surface area contributed by atoms with Crippen LogP contribution in [0.4, 0.5) is 13.2 Å². The number of benzene rings is 3. The van der Waals surface area contributed by atoms with Crippen LogP contribution >= 0.6 is 27.5 Å². The van der Waals surface area contributed by atoms with Crippen LogP contribution in [0.25, 0.3) is 22.2 Å². The van der Waals surface area contributed by atoms with Gasteiger partial charge < -0.3 is 10.4 Å². The SMILES string of the molecule is O=C(O)CC[C@@H](CNC(=O)c1c(Cl)c(-c2ccccc2)nc2ccc(Br)cc12)c1ccccc1C(F)(F)F. The Bertz CT molecular complexity index is 1500. The first-order chi connectivity index (χ1) is 18.1. The number of amides is 1. The van der Waals surface area contributed by atoms with Crippen LogP contribution in [0, 0.1) is 0 Å². The Balaban J connectivity index is 1.74. The van der Waals surface area contributed by atoms with E-state index in [1.807, 2.05) is 18.2 Å². The average Bonchev–Trinajstić information content (AvgIpc) is 2.88. The molecule has 196 valence electrons. The van der Waals surface area contributed by atoms with Gasteiger partial charge >= 0.3 is 12.1 Å². The molecule has 5 nitrogen and oxygen atoms in total. The minimum Gasteiger partial charge on any atom is -0.481 e. The van der Waals surface area contributed by atoms with E-state index in [0.29, 0.717) is 26.6 Å². The molecule has 4 aromatic rings. The number of nitrogens with one attached hydrogen (secondary N) is 1. The summed E-state index contributed by atoms with van der Waals surface area (Å²) in [6, 6.07) is 19.2. The molecule has 0 radical (unpaired) electrons. The first-order valence-corrected chi connectivity index (χ1v) is 12.7. The molecule has 0 saturated carbocycles. The van der Waals surface area contributed by atoms with E-state index in [1.54, 1.807) is 30.3 Å². The number of carbonyl (C=O) groups is 2. The van der Waals surface area contributed by atoms with Crippen LogP contribution in [0.3, 0.4) is 0 Å². The van der Waals surface area contributed by atoms with E-state index in [2.05, 4.69) is 26.2 Å². The van der Waals surface area contributed by atoms with Gasteiger partial charge in [0, 0.05) is 34.3 Å². The molecule has 1 amide bonds. The summed E-state index contributed by atoms with van der Waals surface area (Å²) >= 11 is 10.1. The zero-order valence-corrected chi connectivity index (χ0v) is 22.1. The van der Waals surface area contributed by atoms with Gasteiger partial charge in [0.05, 0.1) is 27.4 Å². The van der Waals surface area contributed by atoms with Crippen molar-refractivity contribution in [3.8, 4) is 11.3 Å². The molecular weight excluding hydrogens is 585 g/mol. The number of fused-ring (bicyclic) bond motifs is 1. The highest BCUT2D eigenvalue weighted by atomic mass is 79.9. The van der Waals surface area contributed by atoms with E-state index in [1.165, 1.54) is 18.2 Å². The molecule has 0 aliphatic carbocycles. The van der Waals surface area contributed by atoms with E-state index >= 15 is 0 Å². The number of hydrogen-bond acceptors (Lipinski definition) is 3. The van der Waals surface area contributed by atoms with Gasteiger partial charge in [-0.3, -0.25) is 9.59 Å². The summed E-state index contributed by atoms with van der Waals surface area (Å²) in [6.07, 6.45) is -5.10. The summed E-state index contributed by atoms with van der Waals surface area (Å²) in [5.41, 5.74) is 0.753. The molecule has 38 heavy (non-hydrogen) atoms. The van der Waals surface area contributed by atoms with Crippen LogP contribution in [0.1, 0.15) is 40.2 Å². The lowest BCUT2D eigenvalue weighted by Crippen LogP contribution is -2.30. The summed E-state index contributed by atoms with van der Waals surface area (Å²) < 4.78 is 41.8. The molecule has 0 bridgehead atoms. The maximum absolute atomic E-state index is 13.7. The molecule has 0 aliphatic heterocycles. The number of halogens is 5. The summed E-state index contributed by atoms with van der Waals surface area (Å²) in [6.45, 7) is -0.228. The van der Waals surface area contributed by atoms with Crippen molar-refractivity contribution in [2.24, 2.45) is 0 Å². The maximum atomic E-state index is 13.7. The number of pyridine rings is 1. The molecule has 0 saturated heterocycles. The fourth-order valence-electron chi connectivity index (χ4n) is 4.30. The summed E-state index contributed by atoms with van der Waals surface area (Å²) in [5.74, 6) is -2.66. The van der Waals surface area contributed by atoms with E-state index in [-0.39, 0.29) is 35.5 Å². The van der Waals surface area contributed by atoms with Gasteiger partial charge in [0.1, 0.15) is 0 Å². The van der Waals surface area contributed by atoms with Crippen molar-refractivity contribution in [1.82, 2.24) is 10.3 Å². The molecule has 10 heteroatoms. The molecule has 1 heterocycles. The van der Waals surface area contributed by atoms with Gasteiger partial charge in [-0.15, -0.1) is 0 Å². The highest BCUT2D eigenvalue weighted by Crippen LogP contribution is 2.37. The lowest BCUT2D eigenvalue weighted by atomic mass is 9.89. The Labute approximate surface area is 229 Å². The summed E-state index contributed by atoms with van der Waals surface area (Å²) in [4.78, 5) is 29.4. The number of nitrogens with zero attached hydrogens (tertiary/aromatic N) is 1. The van der Waals surface area contributed by atoms with Crippen LogP contribution in [0.2, 0.25) is 5.02 Å². The van der Waals surface area contributed by atoms with E-state index in [9.17, 15) is 27.9 Å². The quantitative estimate of drug-likeness (QED) is 0.216. The fourth-order valence-corrected chi connectivity index (χ4v) is 5.00. The minimum absolute atomic E-state index is 0.0834. The third-order valence-electron chi connectivity index (χ3n) is 6.08. The van der Waals surface area contributed by atoms with Crippen molar-refractivity contribution in [1.29, 1.82) is 0 Å². The number of aromatic nitrogens is 1. The van der Waals surface area contributed by atoms with Crippen LogP contribution in [-0.4, -0.2) is 28.5 Å². The van der Waals surface area contributed by atoms with Crippen molar-refractivity contribution < 1.29 is 27.9 Å². The summed E-state index contributed by atoms with van der Waals surface area (Å²) in [5, 5.41) is 12.4. The second kappa shape index (κ2) is 11.5. The molecule has 2 N–H and O–H groups in total. The zero-order chi connectivity index (χ0) is 27.4. The molecule has 0 unspecified atom stereocenters. The van der Waals surface area contributed by atoms with E-state index in [0.717, 1.165) is 6.07 Å². The largest absolute Gasteiger partial charge is 0.481 e. The Hall–Kier alpha value is -3.43. The van der Waals surface area contributed by atoms with Gasteiger partial charge in [0.25, 0.3) is 5.91 Å². The average molecular weight is 606 g/mol. The topological polar surface area (TPSA) is 79.3 Å². The van der Waals surface area contributed by atoms with Gasteiger partial charge in [-0.1, -0.05) is 76.1 Å². The van der Waals surface area contributed by atoms with Gasteiger partial charge in [0.2, 0.25) is 0 Å². The molecule has 0 aliphatic rings. The van der Waals surface area contributed by atoms with Crippen LogP contribution in [-0.2, 0) is 11.0 Å². The number of aliphatic carboxylic acids is 1. The van der Waals surface area contributed by atoms with Gasteiger partial charge in [-0.25, -0.2) is 4.98 Å². The number of carbonyl (C=O) groups excluding carboxylic acids is 1. The number of carboxylic acids is 1. The van der Waals surface area contributed by atoms with Gasteiger partial charge in [-0.05, 0) is 36.2 Å². The van der Waals surface area contributed by atoms with E-state index in [4.69, 9.17) is 11.6 Å². The molecule has 3 aromatic carbocycles. The molecule has 1 atom stereocenters. The standard InChI is InChI=1S/C28H21BrClF3N2O3/c29-18-11-12-22-20(14-18)24(25(30)26(35-22)16-6-2-1-3-7-16)27(38)34-15-17(10-13-23(36)37)19-8-4-5-9-21(19)28(31,32)33/h1-9,11-12,14,17H,10,13,15H2,(H,34,38)(H,36,37)/t17-/m0/s1. The van der Waals surface area contributed by atoms with Crippen LogP contribution in [0.15, 0.2) is 77.3 Å². The lowest BCUT2D eigenvalue weighted by molar-refractivity contribution is -0.138. The zero-order valence-electron chi connectivity index (χ0n) is 19.7. The number of rotatable bonds is 8. The Morgan fingerprint density at radius 3 is 2.39 bits per heavy atom.